The molecule has 20 heteroatoms. The van der Waals surface area contributed by atoms with E-state index in [0.717, 1.165) is 23.1 Å². The first-order valence-corrected chi connectivity index (χ1v) is 21.9. The van der Waals surface area contributed by atoms with Gasteiger partial charge in [-0.2, -0.15) is 15.0 Å². The molecule has 324 valence electrons. The Kier molecular flexibility index (Phi) is 11.9. The molecule has 2 amide bonds. The number of aryl methyl sites for hydroxylation is 2. The summed E-state index contributed by atoms with van der Waals surface area (Å²) in [6.07, 6.45) is 1.28. The van der Waals surface area contributed by atoms with E-state index in [-0.39, 0.29) is 46.8 Å². The summed E-state index contributed by atoms with van der Waals surface area (Å²) in [5.41, 5.74) is 1.65. The second kappa shape index (κ2) is 17.4. The third kappa shape index (κ3) is 8.92. The lowest BCUT2D eigenvalue weighted by Gasteiger charge is -2.35. The van der Waals surface area contributed by atoms with Crippen LogP contribution < -0.4 is 20.2 Å². The van der Waals surface area contributed by atoms with E-state index >= 15 is 4.39 Å². The third-order valence-corrected chi connectivity index (χ3v) is 12.5. The summed E-state index contributed by atoms with van der Waals surface area (Å²) >= 11 is 0. The second-order valence-electron chi connectivity index (χ2n) is 15.4. The van der Waals surface area contributed by atoms with Crippen molar-refractivity contribution in [3.63, 3.8) is 0 Å². The van der Waals surface area contributed by atoms with E-state index in [4.69, 9.17) is 33.8 Å². The van der Waals surface area contributed by atoms with Gasteiger partial charge in [-0.25, -0.2) is 27.4 Å². The molecule has 0 atom stereocenters. The highest BCUT2D eigenvalue weighted by Crippen LogP contribution is 2.28. The summed E-state index contributed by atoms with van der Waals surface area (Å²) in [5, 5.41) is 0.551. The molecular weight excluding hydrogens is 824 g/mol. The van der Waals surface area contributed by atoms with Crippen molar-refractivity contribution in [2.24, 2.45) is 0 Å². The number of para-hydroxylation sites is 2. The first-order chi connectivity index (χ1) is 29.7. The van der Waals surface area contributed by atoms with E-state index < -0.39 is 38.9 Å². The fraction of sp³-hybridized carbons (Fsp3) is 0.381. The zero-order valence-corrected chi connectivity index (χ0v) is 35.5. The molecule has 2 aliphatic heterocycles. The number of aromatic nitrogens is 6. The molecule has 6 aromatic rings. The van der Waals surface area contributed by atoms with Gasteiger partial charge in [0.05, 0.1) is 35.8 Å². The van der Waals surface area contributed by atoms with E-state index in [1.807, 2.05) is 40.7 Å². The Hall–Kier alpha value is -6.54. The van der Waals surface area contributed by atoms with Crippen LogP contribution in [-0.2, 0) is 31.5 Å². The Morgan fingerprint density at radius 2 is 1.55 bits per heavy atom. The largest absolute Gasteiger partial charge is 0.422 e. The van der Waals surface area contributed by atoms with Gasteiger partial charge >= 0.3 is 11.7 Å². The summed E-state index contributed by atoms with van der Waals surface area (Å²) in [7, 11) is -0.895. The molecule has 4 aromatic heterocycles. The van der Waals surface area contributed by atoms with Crippen LogP contribution in [0.1, 0.15) is 34.5 Å². The fourth-order valence-corrected chi connectivity index (χ4v) is 8.84. The number of halogens is 1. The molecule has 0 N–H and O–H groups in total. The Balaban J connectivity index is 0.908. The maximum Gasteiger partial charge on any atom is 0.414 e. The highest BCUT2D eigenvalue weighted by atomic mass is 32.2. The number of hydrogen-bond donors (Lipinski definition) is 0. The molecule has 0 saturated carbocycles. The molecule has 0 bridgehead atoms. The number of morpholine rings is 1. The summed E-state index contributed by atoms with van der Waals surface area (Å²) in [4.78, 5) is 68.7. The van der Waals surface area contributed by atoms with Crippen LogP contribution in [0, 0.1) is 19.7 Å². The van der Waals surface area contributed by atoms with Gasteiger partial charge in [-0.1, -0.05) is 12.1 Å². The monoisotopic (exact) mass is 868 g/mol. The zero-order valence-electron chi connectivity index (χ0n) is 34.7. The molecule has 2 fully saturated rings. The maximum atomic E-state index is 15.9. The minimum Gasteiger partial charge on any atom is -0.422 e. The zero-order chi connectivity index (χ0) is 43.7. The number of sulfone groups is 1. The van der Waals surface area contributed by atoms with Gasteiger partial charge in [0.15, 0.2) is 9.84 Å². The molecule has 0 aliphatic carbocycles. The van der Waals surface area contributed by atoms with Gasteiger partial charge in [-0.3, -0.25) is 14.3 Å². The minimum atomic E-state index is -3.96. The van der Waals surface area contributed by atoms with E-state index in [1.165, 1.54) is 31.3 Å². The highest BCUT2D eigenvalue weighted by molar-refractivity contribution is 7.90. The fourth-order valence-electron chi connectivity index (χ4n) is 7.54. The Morgan fingerprint density at radius 1 is 0.871 bits per heavy atom. The molecular formula is C42H45FN10O8S. The molecule has 8 rings (SSSR count). The number of carbonyl (C=O) groups is 2. The predicted molar refractivity (Wildman–Crippen MR) is 227 cm³/mol. The Labute approximate surface area is 355 Å². The number of carbonyl (C=O) groups excluding carboxylic acids is 2. The van der Waals surface area contributed by atoms with E-state index in [9.17, 15) is 22.8 Å². The molecule has 0 radical (unpaired) electrons. The number of amides is 2. The van der Waals surface area contributed by atoms with Gasteiger partial charge in [0.2, 0.25) is 23.8 Å². The average molecular weight is 869 g/mol. The number of imidazole rings is 1. The number of piperazine rings is 1. The quantitative estimate of drug-likeness (QED) is 0.171. The van der Waals surface area contributed by atoms with Crippen molar-refractivity contribution in [1.82, 2.24) is 39.3 Å². The minimum absolute atomic E-state index is 0.00815. The molecule has 18 nitrogen and oxygen atoms in total. The summed E-state index contributed by atoms with van der Waals surface area (Å²) in [5.74, 6) is -0.0242. The molecule has 2 saturated heterocycles. The first kappa shape index (κ1) is 42.2. The number of nitrogens with zero attached hydrogens (tertiary/aromatic N) is 10. The van der Waals surface area contributed by atoms with Gasteiger partial charge in [-0.05, 0) is 43.7 Å². The lowest BCUT2D eigenvalue weighted by Crippen LogP contribution is -2.49. The van der Waals surface area contributed by atoms with Crippen LogP contribution in [0.15, 0.2) is 64.1 Å². The smallest absolute Gasteiger partial charge is 0.414 e. The molecule has 6 heterocycles. The topological polar surface area (TPSA) is 199 Å². The standard InChI is InChI=1S/C42H45FN10O8S/c1-26-31-10-9-30(60-42(56)49(3)4)22-35(31)61-38(55)32(26)21-28-23-44-24-29(37(28)43)25-62(57,58)20-11-36(54)50-12-14-51(15-13-50)39-46-40(52-16-18-59-19-17-52)48-41(47-39)53-27(2)45-33-7-5-6-8-34(33)53/h5-10,22-24H,11-21,25H2,1-4H3. The normalized spacial score (nSPS) is 14.8. The number of fused-ring (bicyclic) bond motifs is 2. The number of rotatable bonds is 11. The molecule has 0 unspecified atom stereocenters. The van der Waals surface area contributed by atoms with E-state index in [2.05, 4.69) is 9.88 Å². The number of hydrogen-bond acceptors (Lipinski definition) is 15. The van der Waals surface area contributed by atoms with Crippen molar-refractivity contribution in [3.8, 4) is 11.7 Å². The molecule has 0 spiro atoms. The van der Waals surface area contributed by atoms with Crippen LogP contribution in [-0.4, -0.2) is 132 Å². The van der Waals surface area contributed by atoms with Gasteiger partial charge in [0.1, 0.15) is 23.0 Å². The summed E-state index contributed by atoms with van der Waals surface area (Å²) in [6, 6.07) is 12.4. The average Bonchev–Trinajstić information content (AvgIpc) is 3.61. The van der Waals surface area contributed by atoms with Crippen LogP contribution in [0.25, 0.3) is 28.0 Å². The maximum absolute atomic E-state index is 15.9. The highest BCUT2D eigenvalue weighted by Gasteiger charge is 2.28. The van der Waals surface area contributed by atoms with Gasteiger partial charge < -0.3 is 33.5 Å². The van der Waals surface area contributed by atoms with Crippen molar-refractivity contribution in [1.29, 1.82) is 0 Å². The van der Waals surface area contributed by atoms with Crippen molar-refractivity contribution >= 4 is 55.7 Å². The van der Waals surface area contributed by atoms with Gasteiger partial charge in [-0.15, -0.1) is 0 Å². The third-order valence-electron chi connectivity index (χ3n) is 11.0. The van der Waals surface area contributed by atoms with E-state index in [0.29, 0.717) is 81.3 Å². The van der Waals surface area contributed by atoms with Crippen LogP contribution >= 0.6 is 0 Å². The molecule has 2 aromatic carbocycles. The van der Waals surface area contributed by atoms with Crippen molar-refractivity contribution < 1.29 is 36.3 Å². The van der Waals surface area contributed by atoms with Crippen molar-refractivity contribution in [3.05, 3.63) is 99.2 Å². The van der Waals surface area contributed by atoms with Gasteiger partial charge in [0.25, 0.3) is 0 Å². The molecule has 2 aliphatic rings. The number of benzene rings is 2. The van der Waals surface area contributed by atoms with Crippen LogP contribution in [0.5, 0.6) is 5.75 Å². The predicted octanol–water partition coefficient (Wildman–Crippen LogP) is 3.61. The number of anilines is 2. The number of pyridine rings is 1. The second-order valence-corrected chi connectivity index (χ2v) is 17.6. The lowest BCUT2D eigenvalue weighted by molar-refractivity contribution is -0.131. The summed E-state index contributed by atoms with van der Waals surface area (Å²) < 4.78 is 60.8. The first-order valence-electron chi connectivity index (χ1n) is 20.1. The van der Waals surface area contributed by atoms with E-state index in [1.54, 1.807) is 24.0 Å². The molecule has 62 heavy (non-hydrogen) atoms. The van der Waals surface area contributed by atoms with Crippen molar-refractivity contribution in [2.75, 3.05) is 82.1 Å². The van der Waals surface area contributed by atoms with Crippen LogP contribution in [0.3, 0.4) is 0 Å². The number of ether oxygens (including phenoxy) is 2. The van der Waals surface area contributed by atoms with Crippen LogP contribution in [0.4, 0.5) is 21.1 Å². The van der Waals surface area contributed by atoms with Crippen LogP contribution in [0.2, 0.25) is 0 Å². The summed E-state index contributed by atoms with van der Waals surface area (Å²) in [6.45, 7) is 7.36. The lowest BCUT2D eigenvalue weighted by atomic mass is 9.99. The SMILES string of the molecule is Cc1c(Cc2cncc(CS(=O)(=O)CCC(=O)N3CCN(c4nc(N5CCOCC5)nc(-n5c(C)nc6ccccc65)n4)CC3)c2F)c(=O)oc2cc(OC(=O)N(C)C)ccc12. The van der Waals surface area contributed by atoms with Crippen molar-refractivity contribution in [2.45, 2.75) is 32.4 Å². The Morgan fingerprint density at radius 3 is 2.27 bits per heavy atom. The van der Waals surface area contributed by atoms with Gasteiger partial charge in [0, 0.05) is 107 Å². The Bertz CT molecular complexity index is 2850.